The average molecular weight is 236 g/mol. The summed E-state index contributed by atoms with van der Waals surface area (Å²) < 4.78 is 5.93. The summed E-state index contributed by atoms with van der Waals surface area (Å²) in [5.74, 6) is 0.712. The van der Waals surface area contributed by atoms with Gasteiger partial charge < -0.3 is 9.72 Å². The molecule has 0 radical (unpaired) electrons. The maximum Gasteiger partial charge on any atom is 0.251 e. The van der Waals surface area contributed by atoms with Gasteiger partial charge in [0.05, 0.1) is 0 Å². The van der Waals surface area contributed by atoms with Gasteiger partial charge in [0, 0.05) is 18.4 Å². The molecule has 1 aliphatic carbocycles. The zero-order valence-electron chi connectivity index (χ0n) is 10.6. The summed E-state index contributed by atoms with van der Waals surface area (Å²) in [7, 11) is 0. The highest BCUT2D eigenvalue weighted by Gasteiger charge is 2.37. The number of aromatic amines is 1. The topological polar surface area (TPSA) is 55.0 Å². The fourth-order valence-electron chi connectivity index (χ4n) is 2.64. The Hall–Kier alpha value is -1.16. The van der Waals surface area contributed by atoms with Crippen LogP contribution in [0.5, 0.6) is 0 Å². The SMILES string of the molecule is CCOC1(c2nc(C)cc(=O)[nH]2)CCCCC1. The van der Waals surface area contributed by atoms with Gasteiger partial charge in [0.1, 0.15) is 11.4 Å². The van der Waals surface area contributed by atoms with E-state index in [0.29, 0.717) is 12.4 Å². The summed E-state index contributed by atoms with van der Waals surface area (Å²) in [5.41, 5.74) is 0.309. The normalized spacial score (nSPS) is 19.2. The Bertz CT molecular complexity index is 428. The van der Waals surface area contributed by atoms with Crippen LogP contribution in [0.4, 0.5) is 0 Å². The van der Waals surface area contributed by atoms with Gasteiger partial charge in [-0.2, -0.15) is 0 Å². The highest BCUT2D eigenvalue weighted by molar-refractivity contribution is 5.09. The van der Waals surface area contributed by atoms with Crippen LogP contribution in [0.1, 0.15) is 50.5 Å². The van der Waals surface area contributed by atoms with Crippen molar-refractivity contribution in [2.75, 3.05) is 6.61 Å². The minimum Gasteiger partial charge on any atom is -0.367 e. The van der Waals surface area contributed by atoms with E-state index in [1.165, 1.54) is 12.5 Å². The first-order valence-electron chi connectivity index (χ1n) is 6.39. The van der Waals surface area contributed by atoms with E-state index in [4.69, 9.17) is 4.74 Å². The van der Waals surface area contributed by atoms with E-state index in [1.54, 1.807) is 0 Å². The fourth-order valence-corrected chi connectivity index (χ4v) is 2.64. The molecule has 0 spiro atoms. The Morgan fingerprint density at radius 1 is 1.41 bits per heavy atom. The largest absolute Gasteiger partial charge is 0.367 e. The highest BCUT2D eigenvalue weighted by atomic mass is 16.5. The van der Waals surface area contributed by atoms with Gasteiger partial charge in [-0.1, -0.05) is 19.3 Å². The second-order valence-corrected chi connectivity index (χ2v) is 4.72. The van der Waals surface area contributed by atoms with Crippen LogP contribution in [-0.4, -0.2) is 16.6 Å². The molecule has 1 aromatic heterocycles. The van der Waals surface area contributed by atoms with Gasteiger partial charge in [-0.25, -0.2) is 4.98 Å². The van der Waals surface area contributed by atoms with Gasteiger partial charge in [-0.05, 0) is 26.7 Å². The standard InChI is InChI=1S/C13H20N2O2/c1-3-17-13(7-5-4-6-8-13)12-14-10(2)9-11(16)15-12/h9H,3-8H2,1-2H3,(H,14,15,16). The molecule has 0 aromatic carbocycles. The van der Waals surface area contributed by atoms with E-state index in [9.17, 15) is 4.79 Å². The van der Waals surface area contributed by atoms with Crippen molar-refractivity contribution >= 4 is 0 Å². The van der Waals surface area contributed by atoms with E-state index >= 15 is 0 Å². The molecule has 94 valence electrons. The predicted molar refractivity (Wildman–Crippen MR) is 66.0 cm³/mol. The van der Waals surface area contributed by atoms with Crippen molar-refractivity contribution < 1.29 is 4.74 Å². The third kappa shape index (κ3) is 2.57. The number of hydrogen-bond donors (Lipinski definition) is 1. The molecule has 2 rings (SSSR count). The molecule has 1 aromatic rings. The number of nitrogens with zero attached hydrogens (tertiary/aromatic N) is 1. The molecule has 1 aliphatic rings. The first-order chi connectivity index (χ1) is 8.16. The molecule has 1 heterocycles. The van der Waals surface area contributed by atoms with Crippen LogP contribution in [0.3, 0.4) is 0 Å². The van der Waals surface area contributed by atoms with E-state index in [0.717, 1.165) is 31.4 Å². The van der Waals surface area contributed by atoms with Crippen LogP contribution < -0.4 is 5.56 Å². The smallest absolute Gasteiger partial charge is 0.251 e. The monoisotopic (exact) mass is 236 g/mol. The van der Waals surface area contributed by atoms with Gasteiger partial charge in [-0.3, -0.25) is 4.79 Å². The molecule has 0 unspecified atom stereocenters. The first kappa shape index (κ1) is 12.3. The number of H-pyrrole nitrogens is 1. The van der Waals surface area contributed by atoms with E-state index in [1.807, 2.05) is 13.8 Å². The fraction of sp³-hybridized carbons (Fsp3) is 0.692. The van der Waals surface area contributed by atoms with Crippen molar-refractivity contribution in [3.05, 3.63) is 27.9 Å². The van der Waals surface area contributed by atoms with E-state index < -0.39 is 0 Å². The number of nitrogens with one attached hydrogen (secondary N) is 1. The van der Waals surface area contributed by atoms with Crippen molar-refractivity contribution in [2.24, 2.45) is 0 Å². The van der Waals surface area contributed by atoms with Crippen molar-refractivity contribution in [1.82, 2.24) is 9.97 Å². The second-order valence-electron chi connectivity index (χ2n) is 4.72. The zero-order chi connectivity index (χ0) is 12.3. The molecular weight excluding hydrogens is 216 g/mol. The quantitative estimate of drug-likeness (QED) is 0.876. The third-order valence-electron chi connectivity index (χ3n) is 3.38. The molecule has 1 N–H and O–H groups in total. The second kappa shape index (κ2) is 5.00. The molecule has 0 bridgehead atoms. The molecule has 1 saturated carbocycles. The molecule has 0 saturated heterocycles. The Labute approximate surface area is 101 Å². The zero-order valence-corrected chi connectivity index (χ0v) is 10.6. The van der Waals surface area contributed by atoms with Crippen LogP contribution in [0.2, 0.25) is 0 Å². The Morgan fingerprint density at radius 2 is 2.12 bits per heavy atom. The summed E-state index contributed by atoms with van der Waals surface area (Å²) >= 11 is 0. The lowest BCUT2D eigenvalue weighted by molar-refractivity contribution is -0.0769. The summed E-state index contributed by atoms with van der Waals surface area (Å²) in [6.07, 6.45) is 5.42. The number of ether oxygens (including phenoxy) is 1. The molecule has 0 amide bonds. The van der Waals surface area contributed by atoms with Crippen molar-refractivity contribution in [1.29, 1.82) is 0 Å². The summed E-state index contributed by atoms with van der Waals surface area (Å²) in [5, 5.41) is 0. The minimum atomic E-state index is -0.363. The lowest BCUT2D eigenvalue weighted by atomic mass is 9.83. The summed E-state index contributed by atoms with van der Waals surface area (Å²) in [6, 6.07) is 1.52. The maximum absolute atomic E-state index is 11.5. The van der Waals surface area contributed by atoms with Gasteiger partial charge in [0.15, 0.2) is 0 Å². The number of rotatable bonds is 3. The Kier molecular flexibility index (Phi) is 3.62. The van der Waals surface area contributed by atoms with Gasteiger partial charge in [0.2, 0.25) is 0 Å². The number of aromatic nitrogens is 2. The van der Waals surface area contributed by atoms with Crippen LogP contribution in [-0.2, 0) is 10.3 Å². The average Bonchev–Trinajstić information content (AvgIpc) is 2.29. The van der Waals surface area contributed by atoms with Crippen LogP contribution in [0, 0.1) is 6.92 Å². The van der Waals surface area contributed by atoms with Crippen molar-refractivity contribution in [2.45, 2.75) is 51.6 Å². The highest BCUT2D eigenvalue weighted by Crippen LogP contribution is 2.38. The number of hydrogen-bond acceptors (Lipinski definition) is 3. The molecule has 0 atom stereocenters. The van der Waals surface area contributed by atoms with Gasteiger partial charge in [-0.15, -0.1) is 0 Å². The van der Waals surface area contributed by atoms with Crippen LogP contribution >= 0.6 is 0 Å². The van der Waals surface area contributed by atoms with Gasteiger partial charge in [0.25, 0.3) is 5.56 Å². The van der Waals surface area contributed by atoms with E-state index in [-0.39, 0.29) is 11.2 Å². The molecule has 4 nitrogen and oxygen atoms in total. The Balaban J connectivity index is 2.40. The Morgan fingerprint density at radius 3 is 2.71 bits per heavy atom. The maximum atomic E-state index is 11.5. The molecule has 1 fully saturated rings. The third-order valence-corrected chi connectivity index (χ3v) is 3.38. The first-order valence-corrected chi connectivity index (χ1v) is 6.39. The van der Waals surface area contributed by atoms with Crippen LogP contribution in [0.25, 0.3) is 0 Å². The molecule has 17 heavy (non-hydrogen) atoms. The predicted octanol–water partition coefficient (Wildman–Crippen LogP) is 2.27. The van der Waals surface area contributed by atoms with Crippen LogP contribution in [0.15, 0.2) is 10.9 Å². The molecule has 4 heteroatoms. The summed E-state index contributed by atoms with van der Waals surface area (Å²) in [6.45, 7) is 4.49. The van der Waals surface area contributed by atoms with E-state index in [2.05, 4.69) is 9.97 Å². The number of aryl methyl sites for hydroxylation is 1. The minimum absolute atomic E-state index is 0.0860. The molecule has 0 aliphatic heterocycles. The van der Waals surface area contributed by atoms with Crippen molar-refractivity contribution in [3.8, 4) is 0 Å². The lowest BCUT2D eigenvalue weighted by Gasteiger charge is -2.35. The molecular formula is C13H20N2O2. The lowest BCUT2D eigenvalue weighted by Crippen LogP contribution is -2.36. The summed E-state index contributed by atoms with van der Waals surface area (Å²) in [4.78, 5) is 18.9. The van der Waals surface area contributed by atoms with Gasteiger partial charge >= 0.3 is 0 Å². The van der Waals surface area contributed by atoms with Crippen molar-refractivity contribution in [3.63, 3.8) is 0 Å².